The molecule has 1 aromatic carbocycles. The molecule has 1 fully saturated rings. The monoisotopic (exact) mass is 296 g/mol. The topological polar surface area (TPSA) is 70.5 Å². The van der Waals surface area contributed by atoms with Crippen molar-refractivity contribution in [1.82, 2.24) is 4.98 Å². The molecule has 1 unspecified atom stereocenters. The fourth-order valence-corrected chi connectivity index (χ4v) is 3.33. The first-order valence-electron chi connectivity index (χ1n) is 5.64. The molecule has 19 heavy (non-hydrogen) atoms. The van der Waals surface area contributed by atoms with Crippen molar-refractivity contribution in [2.45, 2.75) is 6.42 Å². The number of hydrogen-bond donors (Lipinski definition) is 1. The van der Waals surface area contributed by atoms with E-state index in [0.29, 0.717) is 10.2 Å². The number of hydrogen-bond acceptors (Lipinski definition) is 4. The lowest BCUT2D eigenvalue weighted by molar-refractivity contribution is -0.141. The van der Waals surface area contributed by atoms with Gasteiger partial charge in [0.25, 0.3) is 0 Å². The van der Waals surface area contributed by atoms with Gasteiger partial charge < -0.3 is 5.11 Å². The number of halogens is 1. The molecular formula is C12H9ClN2O3S. The molecule has 0 bridgehead atoms. The quantitative estimate of drug-likeness (QED) is 0.924. The molecule has 98 valence electrons. The van der Waals surface area contributed by atoms with Crippen LogP contribution in [0, 0.1) is 5.92 Å². The van der Waals surface area contributed by atoms with Crippen LogP contribution >= 0.6 is 22.9 Å². The van der Waals surface area contributed by atoms with Gasteiger partial charge >= 0.3 is 5.97 Å². The number of carboxylic acids is 1. The number of rotatable bonds is 2. The largest absolute Gasteiger partial charge is 0.481 e. The summed E-state index contributed by atoms with van der Waals surface area (Å²) in [4.78, 5) is 28.6. The van der Waals surface area contributed by atoms with Crippen molar-refractivity contribution in [2.75, 3.05) is 11.4 Å². The third kappa shape index (κ3) is 2.17. The number of anilines is 1. The Hall–Kier alpha value is -1.66. The molecule has 1 N–H and O–H groups in total. The molecule has 1 amide bonds. The standard InChI is InChI=1S/C12H9ClN2O3S/c13-7-1-2-8-9(4-7)19-12(14-8)15-5-6(11(17)18)3-10(15)16/h1-2,4,6H,3,5H2,(H,17,18). The number of carbonyl (C=O) groups is 2. The number of aliphatic carboxylic acids is 1. The molecule has 7 heteroatoms. The van der Waals surface area contributed by atoms with Gasteiger partial charge in [0.2, 0.25) is 5.91 Å². The lowest BCUT2D eigenvalue weighted by atomic mass is 10.1. The number of fused-ring (bicyclic) bond motifs is 1. The predicted molar refractivity (Wildman–Crippen MR) is 72.7 cm³/mol. The van der Waals surface area contributed by atoms with Crippen LogP contribution < -0.4 is 4.90 Å². The Kier molecular flexibility index (Phi) is 2.91. The van der Waals surface area contributed by atoms with Crippen LogP contribution in [0.2, 0.25) is 5.02 Å². The Labute approximate surface area is 117 Å². The number of thiazole rings is 1. The third-order valence-electron chi connectivity index (χ3n) is 3.04. The third-order valence-corrected chi connectivity index (χ3v) is 4.32. The fourth-order valence-electron chi connectivity index (χ4n) is 2.06. The molecule has 3 rings (SSSR count). The molecule has 0 aliphatic carbocycles. The van der Waals surface area contributed by atoms with Crippen molar-refractivity contribution < 1.29 is 14.7 Å². The Morgan fingerprint density at radius 1 is 1.53 bits per heavy atom. The summed E-state index contributed by atoms with van der Waals surface area (Å²) >= 11 is 7.24. The van der Waals surface area contributed by atoms with Crippen LogP contribution in [0.25, 0.3) is 10.2 Å². The molecule has 0 radical (unpaired) electrons. The van der Waals surface area contributed by atoms with Gasteiger partial charge in [0, 0.05) is 18.0 Å². The number of benzene rings is 1. The molecule has 2 heterocycles. The van der Waals surface area contributed by atoms with Gasteiger partial charge in [-0.1, -0.05) is 22.9 Å². The normalized spacial score (nSPS) is 19.3. The summed E-state index contributed by atoms with van der Waals surface area (Å²) < 4.78 is 0.883. The second-order valence-electron chi connectivity index (χ2n) is 4.35. The van der Waals surface area contributed by atoms with E-state index < -0.39 is 11.9 Å². The van der Waals surface area contributed by atoms with Crippen molar-refractivity contribution in [2.24, 2.45) is 5.92 Å². The fraction of sp³-hybridized carbons (Fsp3) is 0.250. The highest BCUT2D eigenvalue weighted by molar-refractivity contribution is 7.22. The van der Waals surface area contributed by atoms with Crippen LogP contribution in [0.3, 0.4) is 0 Å². The van der Waals surface area contributed by atoms with Crippen LogP contribution in [-0.4, -0.2) is 28.5 Å². The summed E-state index contributed by atoms with van der Waals surface area (Å²) in [6.07, 6.45) is 0.0337. The highest BCUT2D eigenvalue weighted by atomic mass is 35.5. The summed E-state index contributed by atoms with van der Waals surface area (Å²) in [5.74, 6) is -1.79. The van der Waals surface area contributed by atoms with Gasteiger partial charge in [-0.3, -0.25) is 14.5 Å². The molecule has 1 saturated heterocycles. The Balaban J connectivity index is 1.96. The van der Waals surface area contributed by atoms with Crippen LogP contribution in [-0.2, 0) is 9.59 Å². The van der Waals surface area contributed by atoms with Crippen molar-refractivity contribution >= 4 is 50.2 Å². The molecule has 1 aliphatic heterocycles. The average molecular weight is 297 g/mol. The van der Waals surface area contributed by atoms with Gasteiger partial charge in [-0.05, 0) is 18.2 Å². The van der Waals surface area contributed by atoms with E-state index >= 15 is 0 Å². The van der Waals surface area contributed by atoms with Crippen molar-refractivity contribution in [1.29, 1.82) is 0 Å². The number of carboxylic acid groups (broad SMARTS) is 1. The minimum atomic E-state index is -0.944. The van der Waals surface area contributed by atoms with E-state index in [1.807, 2.05) is 0 Å². The van der Waals surface area contributed by atoms with Gasteiger partial charge in [-0.25, -0.2) is 4.98 Å². The van der Waals surface area contributed by atoms with E-state index in [-0.39, 0.29) is 18.9 Å². The lowest BCUT2D eigenvalue weighted by Gasteiger charge is -2.10. The van der Waals surface area contributed by atoms with Gasteiger partial charge in [-0.2, -0.15) is 0 Å². The van der Waals surface area contributed by atoms with E-state index in [9.17, 15) is 9.59 Å². The summed E-state index contributed by atoms with van der Waals surface area (Å²) in [5, 5.41) is 10.1. The summed E-state index contributed by atoms with van der Waals surface area (Å²) in [6, 6.07) is 5.30. The molecule has 0 saturated carbocycles. The van der Waals surface area contributed by atoms with Gasteiger partial charge in [0.05, 0.1) is 16.1 Å². The maximum atomic E-state index is 11.8. The summed E-state index contributed by atoms with van der Waals surface area (Å²) in [6.45, 7) is 0.182. The SMILES string of the molecule is O=C(O)C1CC(=O)N(c2nc3ccc(Cl)cc3s2)C1. The van der Waals surface area contributed by atoms with Crippen LogP contribution in [0.4, 0.5) is 5.13 Å². The first kappa shape index (κ1) is 12.4. The maximum absolute atomic E-state index is 11.8. The van der Waals surface area contributed by atoms with Gasteiger partial charge in [0.1, 0.15) is 0 Å². The van der Waals surface area contributed by atoms with Crippen molar-refractivity contribution in [3.05, 3.63) is 23.2 Å². The molecule has 2 aromatic rings. The molecule has 1 aromatic heterocycles. The summed E-state index contributed by atoms with van der Waals surface area (Å²) in [7, 11) is 0. The highest BCUT2D eigenvalue weighted by Crippen LogP contribution is 2.33. The van der Waals surface area contributed by atoms with Crippen molar-refractivity contribution in [3.8, 4) is 0 Å². The van der Waals surface area contributed by atoms with Crippen LogP contribution in [0.15, 0.2) is 18.2 Å². The predicted octanol–water partition coefficient (Wildman–Crippen LogP) is 2.39. The lowest BCUT2D eigenvalue weighted by Crippen LogP contribution is -2.25. The van der Waals surface area contributed by atoms with E-state index in [2.05, 4.69) is 4.98 Å². The number of amides is 1. The van der Waals surface area contributed by atoms with E-state index in [4.69, 9.17) is 16.7 Å². The zero-order valence-corrected chi connectivity index (χ0v) is 11.2. The van der Waals surface area contributed by atoms with Gasteiger partial charge in [0.15, 0.2) is 5.13 Å². The Morgan fingerprint density at radius 2 is 2.32 bits per heavy atom. The minimum Gasteiger partial charge on any atom is -0.481 e. The first-order chi connectivity index (χ1) is 9.04. The number of aromatic nitrogens is 1. The number of carbonyl (C=O) groups excluding carboxylic acids is 1. The van der Waals surface area contributed by atoms with E-state index in [0.717, 1.165) is 10.2 Å². The second kappa shape index (κ2) is 4.47. The van der Waals surface area contributed by atoms with Crippen molar-refractivity contribution in [3.63, 3.8) is 0 Å². The molecule has 0 spiro atoms. The van der Waals surface area contributed by atoms with E-state index in [1.54, 1.807) is 18.2 Å². The van der Waals surface area contributed by atoms with E-state index in [1.165, 1.54) is 16.2 Å². The number of nitrogens with zero attached hydrogens (tertiary/aromatic N) is 2. The van der Waals surface area contributed by atoms with Crippen LogP contribution in [0.5, 0.6) is 0 Å². The molecule has 1 atom stereocenters. The maximum Gasteiger partial charge on any atom is 0.308 e. The van der Waals surface area contributed by atoms with Crippen LogP contribution in [0.1, 0.15) is 6.42 Å². The molecule has 1 aliphatic rings. The Morgan fingerprint density at radius 3 is 3.00 bits per heavy atom. The molecular weight excluding hydrogens is 288 g/mol. The minimum absolute atomic E-state index is 0.0337. The summed E-state index contributed by atoms with van der Waals surface area (Å²) in [5.41, 5.74) is 0.760. The Bertz CT molecular complexity index is 685. The second-order valence-corrected chi connectivity index (χ2v) is 5.80. The highest BCUT2D eigenvalue weighted by Gasteiger charge is 2.36. The van der Waals surface area contributed by atoms with Gasteiger partial charge in [-0.15, -0.1) is 0 Å². The average Bonchev–Trinajstić information content (AvgIpc) is 2.91. The zero-order chi connectivity index (χ0) is 13.6. The zero-order valence-electron chi connectivity index (χ0n) is 9.67. The first-order valence-corrected chi connectivity index (χ1v) is 6.83. The molecule has 5 nitrogen and oxygen atoms in total. The smallest absolute Gasteiger partial charge is 0.308 e.